The van der Waals surface area contributed by atoms with E-state index < -0.39 is 18.3 Å². The predicted molar refractivity (Wildman–Crippen MR) is 236 cm³/mol. The van der Waals surface area contributed by atoms with E-state index in [0.29, 0.717) is 22.4 Å². The summed E-state index contributed by atoms with van der Waals surface area (Å²) < 4.78 is 35.5. The summed E-state index contributed by atoms with van der Waals surface area (Å²) in [6.07, 6.45) is 0. The number of aryl methyl sites for hydroxylation is 7. The first kappa shape index (κ1) is 45.7. The maximum absolute atomic E-state index is 11.6. The Morgan fingerprint density at radius 3 is 1.59 bits per heavy atom. The zero-order valence-electron chi connectivity index (χ0n) is 34.3. The van der Waals surface area contributed by atoms with Gasteiger partial charge < -0.3 is 33.4 Å². The molecule has 0 atom stereocenters. The van der Waals surface area contributed by atoms with Gasteiger partial charge in [-0.05, 0) is 132 Å². The first-order valence-electron chi connectivity index (χ1n) is 17.9. The molecule has 0 unspecified atom stereocenters. The van der Waals surface area contributed by atoms with Crippen molar-refractivity contribution in [1.29, 1.82) is 0 Å². The molecule has 14 nitrogen and oxygen atoms in total. The van der Waals surface area contributed by atoms with Gasteiger partial charge in [0.05, 0.1) is 33.4 Å². The molecule has 58 heavy (non-hydrogen) atoms. The molecule has 8 rings (SSSR count). The number of aromatic hydroxyl groups is 1. The van der Waals surface area contributed by atoms with Gasteiger partial charge in [0.1, 0.15) is 5.75 Å². The summed E-state index contributed by atoms with van der Waals surface area (Å²) in [5, 5.41) is 8.92. The number of aromatic nitrogens is 3. The van der Waals surface area contributed by atoms with Gasteiger partial charge in [-0.1, -0.05) is 28.1 Å². The number of fused-ring (bicyclic) bond motifs is 3. The molecule has 1 fully saturated rings. The van der Waals surface area contributed by atoms with Crippen LogP contribution in [0.2, 0.25) is 0 Å². The second kappa shape index (κ2) is 18.3. The molecule has 0 saturated carbocycles. The van der Waals surface area contributed by atoms with E-state index in [1.807, 2.05) is 104 Å². The van der Waals surface area contributed by atoms with Gasteiger partial charge in [-0.3, -0.25) is 13.7 Å². The summed E-state index contributed by atoms with van der Waals surface area (Å²) in [5.41, 5.74) is 14.5. The first-order chi connectivity index (χ1) is 27.0. The summed E-state index contributed by atoms with van der Waals surface area (Å²) in [7, 11) is 8.98. The number of nitrogens with zero attached hydrogens (tertiary/aromatic N) is 4. The number of benzene rings is 4. The van der Waals surface area contributed by atoms with E-state index in [4.69, 9.17) is 33.4 Å². The van der Waals surface area contributed by atoms with Gasteiger partial charge in [-0.2, -0.15) is 0 Å². The number of nitrogen functional groups attached to an aromatic ring is 1. The van der Waals surface area contributed by atoms with Gasteiger partial charge in [0, 0.05) is 25.6 Å². The van der Waals surface area contributed by atoms with Crippen LogP contribution < -0.4 is 28.5 Å². The second-order valence-electron chi connectivity index (χ2n) is 14.8. The molecule has 3 N–H and O–H groups in total. The van der Waals surface area contributed by atoms with E-state index in [-0.39, 0.29) is 23.0 Å². The third kappa shape index (κ3) is 10.2. The molecular weight excluding hydrogens is 828 g/mol. The van der Waals surface area contributed by atoms with Gasteiger partial charge in [0.25, 0.3) is 0 Å². The van der Waals surface area contributed by atoms with Gasteiger partial charge in [-0.25, -0.2) is 14.4 Å². The molecule has 305 valence electrons. The molecule has 0 spiro atoms. The normalized spacial score (nSPS) is 13.8. The van der Waals surface area contributed by atoms with Crippen LogP contribution in [0.15, 0.2) is 97.1 Å². The fourth-order valence-corrected chi connectivity index (χ4v) is 6.00. The fourth-order valence-electron chi connectivity index (χ4n) is 5.68. The van der Waals surface area contributed by atoms with Crippen LogP contribution >= 0.6 is 28.7 Å². The number of hydrogen-bond acceptors (Lipinski definition) is 12. The number of anilines is 1. The van der Waals surface area contributed by atoms with Gasteiger partial charge in [-0.15, -0.1) is 0 Å². The molecule has 1 saturated heterocycles. The molecule has 7 aromatic rings. The van der Waals surface area contributed by atoms with Crippen LogP contribution in [0.25, 0.3) is 33.3 Å². The van der Waals surface area contributed by atoms with Crippen molar-refractivity contribution in [2.24, 2.45) is 25.4 Å². The zero-order chi connectivity index (χ0) is 43.4. The van der Waals surface area contributed by atoms with Crippen molar-refractivity contribution in [3.05, 3.63) is 119 Å². The quantitative estimate of drug-likeness (QED) is 0.0683. The Kier molecular flexibility index (Phi) is 14.4. The van der Waals surface area contributed by atoms with Crippen LogP contribution in [0.1, 0.15) is 49.9 Å². The van der Waals surface area contributed by atoms with Crippen LogP contribution in [0.4, 0.5) is 5.69 Å². The number of phenolic OH excluding ortho intramolecular Hbond substituents is 1. The molecule has 0 amide bonds. The minimum absolute atomic E-state index is 0.153. The van der Waals surface area contributed by atoms with E-state index in [0.717, 1.165) is 48.7 Å². The van der Waals surface area contributed by atoms with Crippen molar-refractivity contribution in [2.45, 2.75) is 66.6 Å². The molecule has 1 radical (unpaired) electrons. The number of rotatable bonds is 1. The van der Waals surface area contributed by atoms with Crippen molar-refractivity contribution in [2.75, 3.05) is 5.73 Å². The van der Waals surface area contributed by atoms with Crippen molar-refractivity contribution in [3.8, 4) is 5.75 Å². The number of halogens is 1. The van der Waals surface area contributed by atoms with E-state index in [2.05, 4.69) is 40.7 Å². The number of oxazole rings is 3. The van der Waals surface area contributed by atoms with Crippen molar-refractivity contribution < 1.29 is 27.7 Å². The number of nitrogens with two attached hydrogens (primary N) is 1. The summed E-state index contributed by atoms with van der Waals surface area (Å²) in [4.78, 5) is 33.8. The molecule has 4 aromatic carbocycles. The summed E-state index contributed by atoms with van der Waals surface area (Å²) >= 11 is 6.57. The Labute approximate surface area is 350 Å². The number of hydrogen-bond donors (Lipinski definition) is 3. The van der Waals surface area contributed by atoms with E-state index in [1.165, 1.54) is 13.7 Å². The molecule has 3 aromatic heterocycles. The van der Waals surface area contributed by atoms with Crippen LogP contribution in [-0.4, -0.2) is 44.8 Å². The molecule has 0 aliphatic carbocycles. The second-order valence-corrected chi connectivity index (χ2v) is 15.8. The Bertz CT molecular complexity index is 2770. The van der Waals surface area contributed by atoms with Crippen molar-refractivity contribution in [1.82, 2.24) is 13.7 Å². The summed E-state index contributed by atoms with van der Waals surface area (Å²) in [6.45, 7) is 15.9. The molecule has 1 aliphatic rings. The predicted octanol–water partition coefficient (Wildman–Crippen LogP) is 6.85. The maximum atomic E-state index is 11.6. The third-order valence-electron chi connectivity index (χ3n) is 9.89. The Balaban J connectivity index is 0.000000175. The molecule has 18 heteroatoms. The Morgan fingerprint density at radius 1 is 0.690 bits per heavy atom. The monoisotopic (exact) mass is 874 g/mol. The van der Waals surface area contributed by atoms with Gasteiger partial charge in [0.15, 0.2) is 16.7 Å². The Morgan fingerprint density at radius 2 is 1.10 bits per heavy atom. The van der Waals surface area contributed by atoms with Crippen LogP contribution in [0, 0.1) is 27.7 Å². The Hall–Kier alpha value is -5.03. The summed E-state index contributed by atoms with van der Waals surface area (Å²) in [5.74, 6) is -0.848. The molecule has 0 bridgehead atoms. The van der Waals surface area contributed by atoms with Crippen molar-refractivity contribution >= 4 is 88.0 Å². The first-order valence-corrected chi connectivity index (χ1v) is 19.1. The average Bonchev–Trinajstić information content (AvgIpc) is 3.76. The van der Waals surface area contributed by atoms with Crippen molar-refractivity contribution in [3.63, 3.8) is 0 Å². The molecular formula is C40H47B2BrN5O9S. The number of phenols is 1. The average molecular weight is 875 g/mol. The standard InChI is InChI=1S/C15H20BNO4.C9H8BrNO2.C9H9NO2.C7H9NO.BHNS/c1-9-7-11-12(19-13(18)17(11)6)8-10(9)16-20-14(2,3)15(4,5)21-16;1-5-3-7-8(4-6(5)10)13-9(12)11(7)2;1-6-3-4-8-7(5-6)10(2)9(11)12-8;1-5-2-3-7(9)6(8)4-5;1-2-3/h7-8H,1-6H3;3-4H,1-2H3;3-5H,1-2H3;2-4,9H,8H2,1H3;3H. The SMILES string of the molecule is Cc1cc2c(cc1B1OC(C)(C)C(C)(C)O1)oc(=O)n2C.Cc1cc2c(cc1Br)oc(=O)n2C.Cc1ccc(O)c(N)c1.Cc1ccc2oc(=O)n(C)c2c1.[B]=NS. The number of thiol groups is 1. The molecule has 1 aliphatic heterocycles. The topological polar surface area (TPSA) is 182 Å². The summed E-state index contributed by atoms with van der Waals surface area (Å²) in [6, 6.07) is 18.3. The van der Waals surface area contributed by atoms with Crippen LogP contribution in [-0.2, 0) is 30.5 Å². The van der Waals surface area contributed by atoms with Crippen LogP contribution in [0.5, 0.6) is 5.75 Å². The minimum atomic E-state index is -0.454. The van der Waals surface area contributed by atoms with Gasteiger partial charge >= 0.3 is 49.1 Å². The van der Waals surface area contributed by atoms with E-state index >= 15 is 0 Å². The van der Waals surface area contributed by atoms with Gasteiger partial charge in [0.2, 0.25) is 0 Å². The molecule has 4 heterocycles. The van der Waals surface area contributed by atoms with Crippen LogP contribution in [0.3, 0.4) is 0 Å². The van der Waals surface area contributed by atoms with E-state index in [9.17, 15) is 14.4 Å². The zero-order valence-corrected chi connectivity index (χ0v) is 36.8. The third-order valence-corrected chi connectivity index (χ3v) is 10.7. The van der Waals surface area contributed by atoms with E-state index in [1.54, 1.807) is 33.3 Å². The fraction of sp³-hybridized carbons (Fsp3) is 0.325.